The van der Waals surface area contributed by atoms with E-state index in [2.05, 4.69) is 5.10 Å². The maximum absolute atomic E-state index is 11.7. The predicted octanol–water partition coefficient (Wildman–Crippen LogP) is 3.96. The summed E-state index contributed by atoms with van der Waals surface area (Å²) in [4.78, 5) is 11.1. The zero-order chi connectivity index (χ0) is 20.7. The minimum atomic E-state index is -0.833. The summed E-state index contributed by atoms with van der Waals surface area (Å²) >= 11 is 6.13. The van der Waals surface area contributed by atoms with Crippen LogP contribution in [0.3, 0.4) is 0 Å². The molecule has 0 bridgehead atoms. The zero-order valence-electron chi connectivity index (χ0n) is 15.2. The molecule has 0 radical (unpaired) electrons. The minimum absolute atomic E-state index is 0.0681. The van der Waals surface area contributed by atoms with Gasteiger partial charge in [0.1, 0.15) is 11.6 Å². The molecular weight excluding hydrogens is 394 g/mol. The summed E-state index contributed by atoms with van der Waals surface area (Å²) in [5.74, 6) is -0.652. The summed E-state index contributed by atoms with van der Waals surface area (Å²) in [6.45, 7) is 1.75. The Labute approximate surface area is 170 Å². The number of benzene rings is 2. The van der Waals surface area contributed by atoms with Crippen molar-refractivity contribution in [2.24, 2.45) is 5.73 Å². The SMILES string of the molecule is Cc1nn(-c2ccccc2)c2c1C(c1cc(Cl)ccc1[N+](=O)[O-])C(C#N)=C(N)O2. The molecule has 29 heavy (non-hydrogen) atoms. The Balaban J connectivity index is 2.03. The average molecular weight is 408 g/mol. The number of ether oxygens (including phenoxy) is 1. The molecule has 2 N–H and O–H groups in total. The smallest absolute Gasteiger partial charge is 0.273 e. The van der Waals surface area contributed by atoms with E-state index in [-0.39, 0.29) is 22.7 Å². The van der Waals surface area contributed by atoms with Crippen LogP contribution < -0.4 is 10.5 Å². The molecule has 0 amide bonds. The summed E-state index contributed by atoms with van der Waals surface area (Å²) in [5.41, 5.74) is 8.01. The molecule has 4 rings (SSSR count). The van der Waals surface area contributed by atoms with Gasteiger partial charge in [-0.3, -0.25) is 10.1 Å². The molecule has 9 heteroatoms. The molecule has 2 heterocycles. The first-order chi connectivity index (χ1) is 13.9. The fourth-order valence-corrected chi connectivity index (χ4v) is 3.67. The lowest BCUT2D eigenvalue weighted by Crippen LogP contribution is -2.22. The molecule has 1 aromatic heterocycles. The molecule has 1 aliphatic rings. The number of fused-ring (bicyclic) bond motifs is 1. The van der Waals surface area contributed by atoms with Crippen molar-refractivity contribution < 1.29 is 9.66 Å². The number of nitrogens with two attached hydrogens (primary N) is 1. The Hall–Kier alpha value is -3.83. The molecule has 144 valence electrons. The molecule has 2 aromatic carbocycles. The Morgan fingerprint density at radius 1 is 1.31 bits per heavy atom. The third-order valence-corrected chi connectivity index (χ3v) is 4.97. The van der Waals surface area contributed by atoms with Crippen molar-refractivity contribution in [2.45, 2.75) is 12.8 Å². The van der Waals surface area contributed by atoms with Gasteiger partial charge in [-0.1, -0.05) is 29.8 Å². The first-order valence-electron chi connectivity index (χ1n) is 8.58. The van der Waals surface area contributed by atoms with Gasteiger partial charge in [-0.05, 0) is 31.2 Å². The molecule has 1 aliphatic heterocycles. The fraction of sp³-hybridized carbons (Fsp3) is 0.100. The molecule has 1 unspecified atom stereocenters. The van der Waals surface area contributed by atoms with Gasteiger partial charge < -0.3 is 10.5 Å². The Bertz CT molecular complexity index is 1210. The van der Waals surface area contributed by atoms with Gasteiger partial charge in [-0.25, -0.2) is 4.68 Å². The highest BCUT2D eigenvalue weighted by atomic mass is 35.5. The first kappa shape index (κ1) is 18.5. The third kappa shape index (κ3) is 2.98. The van der Waals surface area contributed by atoms with E-state index in [0.29, 0.717) is 22.2 Å². The van der Waals surface area contributed by atoms with E-state index in [9.17, 15) is 15.4 Å². The highest BCUT2D eigenvalue weighted by Gasteiger charge is 2.39. The summed E-state index contributed by atoms with van der Waals surface area (Å²) in [6, 6.07) is 15.5. The van der Waals surface area contributed by atoms with Crippen molar-refractivity contribution in [1.82, 2.24) is 9.78 Å². The topological polar surface area (TPSA) is 120 Å². The second kappa shape index (κ2) is 6.96. The van der Waals surface area contributed by atoms with E-state index in [1.807, 2.05) is 36.4 Å². The summed E-state index contributed by atoms with van der Waals surface area (Å²) in [6.07, 6.45) is 0. The van der Waals surface area contributed by atoms with E-state index < -0.39 is 10.8 Å². The van der Waals surface area contributed by atoms with Gasteiger partial charge in [-0.15, -0.1) is 0 Å². The van der Waals surface area contributed by atoms with Crippen LogP contribution in [-0.4, -0.2) is 14.7 Å². The van der Waals surface area contributed by atoms with Gasteiger partial charge in [0.25, 0.3) is 5.69 Å². The van der Waals surface area contributed by atoms with Crippen molar-refractivity contribution in [2.75, 3.05) is 0 Å². The Morgan fingerprint density at radius 3 is 2.69 bits per heavy atom. The van der Waals surface area contributed by atoms with E-state index in [1.54, 1.807) is 11.6 Å². The number of para-hydroxylation sites is 1. The van der Waals surface area contributed by atoms with Crippen LogP contribution in [0.15, 0.2) is 60.0 Å². The lowest BCUT2D eigenvalue weighted by molar-refractivity contribution is -0.385. The standard InChI is InChI=1S/C20H14ClN5O3/c1-11-17-18(14-9-12(21)7-8-16(14)26(27)28)15(10-22)19(23)29-20(17)25(24-11)13-5-3-2-4-6-13/h2-9,18H,23H2,1H3. The van der Waals surface area contributed by atoms with Crippen molar-refractivity contribution in [3.05, 3.63) is 91.9 Å². The van der Waals surface area contributed by atoms with Crippen LogP contribution in [0.5, 0.6) is 5.88 Å². The second-order valence-electron chi connectivity index (χ2n) is 6.44. The number of hydrogen-bond donors (Lipinski definition) is 1. The number of aromatic nitrogens is 2. The predicted molar refractivity (Wildman–Crippen MR) is 106 cm³/mol. The van der Waals surface area contributed by atoms with E-state index in [1.165, 1.54) is 18.2 Å². The molecule has 3 aromatic rings. The van der Waals surface area contributed by atoms with Crippen molar-refractivity contribution in [3.8, 4) is 17.6 Å². The molecule has 0 fully saturated rings. The number of nitriles is 1. The highest BCUT2D eigenvalue weighted by molar-refractivity contribution is 6.30. The van der Waals surface area contributed by atoms with Crippen LogP contribution in [0.2, 0.25) is 5.02 Å². The average Bonchev–Trinajstić information content (AvgIpc) is 3.03. The van der Waals surface area contributed by atoms with Gasteiger partial charge in [-0.2, -0.15) is 10.4 Å². The Kier molecular flexibility index (Phi) is 4.45. The lowest BCUT2D eigenvalue weighted by Gasteiger charge is -2.24. The van der Waals surface area contributed by atoms with E-state index in [0.717, 1.165) is 5.69 Å². The van der Waals surface area contributed by atoms with Crippen LogP contribution in [-0.2, 0) is 0 Å². The molecule has 0 aliphatic carbocycles. The van der Waals surface area contributed by atoms with Gasteiger partial charge in [0.15, 0.2) is 0 Å². The van der Waals surface area contributed by atoms with Gasteiger partial charge >= 0.3 is 0 Å². The molecule has 1 atom stereocenters. The first-order valence-corrected chi connectivity index (χ1v) is 8.96. The fourth-order valence-electron chi connectivity index (χ4n) is 3.49. The third-order valence-electron chi connectivity index (χ3n) is 4.73. The van der Waals surface area contributed by atoms with Crippen LogP contribution >= 0.6 is 11.6 Å². The number of nitro groups is 1. The molecular formula is C20H14ClN5O3. The monoisotopic (exact) mass is 407 g/mol. The minimum Gasteiger partial charge on any atom is -0.422 e. The van der Waals surface area contributed by atoms with Crippen molar-refractivity contribution >= 4 is 17.3 Å². The number of nitro benzene ring substituents is 1. The molecule has 0 saturated carbocycles. The van der Waals surface area contributed by atoms with Gasteiger partial charge in [0.05, 0.1) is 27.8 Å². The maximum Gasteiger partial charge on any atom is 0.273 e. The lowest BCUT2D eigenvalue weighted by atomic mass is 9.83. The molecule has 8 nitrogen and oxygen atoms in total. The molecule has 0 saturated heterocycles. The highest BCUT2D eigenvalue weighted by Crippen LogP contribution is 2.47. The van der Waals surface area contributed by atoms with Crippen LogP contribution in [0, 0.1) is 28.4 Å². The summed E-state index contributed by atoms with van der Waals surface area (Å²) < 4.78 is 7.32. The number of rotatable bonds is 3. The second-order valence-corrected chi connectivity index (χ2v) is 6.87. The van der Waals surface area contributed by atoms with Gasteiger partial charge in [0, 0.05) is 16.7 Å². The maximum atomic E-state index is 11.7. The van der Waals surface area contributed by atoms with E-state index in [4.69, 9.17) is 22.1 Å². The number of aryl methyl sites for hydroxylation is 1. The zero-order valence-corrected chi connectivity index (χ0v) is 15.9. The normalized spacial score (nSPS) is 15.4. The number of allylic oxidation sites excluding steroid dienone is 1. The summed E-state index contributed by atoms with van der Waals surface area (Å²) in [5, 5.41) is 26.2. The Morgan fingerprint density at radius 2 is 2.03 bits per heavy atom. The van der Waals surface area contributed by atoms with Crippen molar-refractivity contribution in [1.29, 1.82) is 5.26 Å². The number of hydrogen-bond acceptors (Lipinski definition) is 6. The van der Waals surface area contributed by atoms with Crippen LogP contribution in [0.25, 0.3) is 5.69 Å². The number of nitrogens with zero attached hydrogens (tertiary/aromatic N) is 4. The van der Waals surface area contributed by atoms with E-state index >= 15 is 0 Å². The largest absolute Gasteiger partial charge is 0.422 e. The van der Waals surface area contributed by atoms with Crippen molar-refractivity contribution in [3.63, 3.8) is 0 Å². The molecule has 0 spiro atoms. The van der Waals surface area contributed by atoms with Crippen LogP contribution in [0.4, 0.5) is 5.69 Å². The quantitative estimate of drug-likeness (QED) is 0.518. The van der Waals surface area contributed by atoms with Crippen LogP contribution in [0.1, 0.15) is 22.7 Å². The number of halogens is 1. The van der Waals surface area contributed by atoms with Gasteiger partial charge in [0.2, 0.25) is 11.8 Å². The summed E-state index contributed by atoms with van der Waals surface area (Å²) in [7, 11) is 0.